The summed E-state index contributed by atoms with van der Waals surface area (Å²) in [5.74, 6) is 1.07. The van der Waals surface area contributed by atoms with E-state index in [1.165, 1.54) is 0 Å². The van der Waals surface area contributed by atoms with Crippen LogP contribution < -0.4 is 5.32 Å². The van der Waals surface area contributed by atoms with E-state index in [2.05, 4.69) is 23.5 Å². The number of anilines is 1. The maximum Gasteiger partial charge on any atom is 0.294 e. The third-order valence-corrected chi connectivity index (χ3v) is 5.10. The number of aryl methyl sites for hydroxylation is 4. The molecule has 0 aliphatic heterocycles. The summed E-state index contributed by atoms with van der Waals surface area (Å²) in [6.45, 7) is 8.18. The number of nitrogens with zero attached hydrogens (tertiary/aromatic N) is 1. The fourth-order valence-electron chi connectivity index (χ4n) is 3.85. The Morgan fingerprint density at radius 1 is 1.28 bits per heavy atom. The molecule has 0 unspecified atom stereocenters. The first-order valence-electron chi connectivity index (χ1n) is 8.73. The molecule has 5 heteroatoms. The molecule has 0 radical (unpaired) electrons. The van der Waals surface area contributed by atoms with E-state index >= 15 is 0 Å². The van der Waals surface area contributed by atoms with Crippen LogP contribution in [-0.4, -0.2) is 11.1 Å². The van der Waals surface area contributed by atoms with Gasteiger partial charge in [-0.1, -0.05) is 18.1 Å². The smallest absolute Gasteiger partial charge is 0.294 e. The van der Waals surface area contributed by atoms with Gasteiger partial charge in [0.1, 0.15) is 5.58 Å². The molecule has 5 nitrogen and oxygen atoms in total. The molecular formula is C20H22N2O3. The van der Waals surface area contributed by atoms with Crippen molar-refractivity contribution in [3.8, 4) is 0 Å². The molecule has 0 saturated carbocycles. The van der Waals surface area contributed by atoms with Gasteiger partial charge in [0.15, 0.2) is 5.76 Å². The van der Waals surface area contributed by atoms with Gasteiger partial charge in [-0.05, 0) is 63.1 Å². The predicted octanol–water partition coefficient (Wildman–Crippen LogP) is 4.72. The lowest BCUT2D eigenvalue weighted by Gasteiger charge is -2.16. The number of nitrogens with one attached hydrogen (secondary N) is 1. The lowest BCUT2D eigenvalue weighted by molar-refractivity contribution is 0.0994. The zero-order chi connectivity index (χ0) is 17.7. The van der Waals surface area contributed by atoms with Gasteiger partial charge in [-0.2, -0.15) is 0 Å². The van der Waals surface area contributed by atoms with Gasteiger partial charge in [0.05, 0.1) is 5.69 Å². The Morgan fingerprint density at radius 2 is 2.08 bits per heavy atom. The molecule has 25 heavy (non-hydrogen) atoms. The predicted molar refractivity (Wildman–Crippen MR) is 96.1 cm³/mol. The molecule has 1 aliphatic carbocycles. The zero-order valence-corrected chi connectivity index (χ0v) is 15.0. The Bertz CT molecular complexity index is 981. The van der Waals surface area contributed by atoms with Crippen molar-refractivity contribution in [3.63, 3.8) is 0 Å². The minimum absolute atomic E-state index is 0.289. The highest BCUT2D eigenvalue weighted by Crippen LogP contribution is 2.33. The highest BCUT2D eigenvalue weighted by atomic mass is 16.5. The second kappa shape index (κ2) is 5.76. The lowest BCUT2D eigenvalue weighted by atomic mass is 9.89. The maximum absolute atomic E-state index is 12.8. The molecule has 2 aromatic heterocycles. The topological polar surface area (TPSA) is 68.3 Å². The van der Waals surface area contributed by atoms with Crippen molar-refractivity contribution in [1.82, 2.24) is 5.16 Å². The number of fused-ring (bicyclic) bond motifs is 2. The molecule has 1 N–H and O–H groups in total. The average molecular weight is 338 g/mol. The molecule has 2 heterocycles. The monoisotopic (exact) mass is 338 g/mol. The zero-order valence-electron chi connectivity index (χ0n) is 15.0. The molecule has 4 rings (SSSR count). The summed E-state index contributed by atoms with van der Waals surface area (Å²) in [6.07, 6.45) is 2.89. The quantitative estimate of drug-likeness (QED) is 0.734. The minimum atomic E-state index is -0.289. The van der Waals surface area contributed by atoms with Crippen LogP contribution in [0, 0.1) is 26.7 Å². The number of benzene rings is 1. The van der Waals surface area contributed by atoms with Gasteiger partial charge in [0, 0.05) is 16.5 Å². The van der Waals surface area contributed by atoms with Gasteiger partial charge in [-0.25, -0.2) is 0 Å². The third-order valence-electron chi connectivity index (χ3n) is 5.10. The first kappa shape index (κ1) is 15.9. The van der Waals surface area contributed by atoms with E-state index in [4.69, 9.17) is 8.94 Å². The largest absolute Gasteiger partial charge is 0.451 e. The van der Waals surface area contributed by atoms with Gasteiger partial charge in [0.2, 0.25) is 5.88 Å². The molecule has 0 bridgehead atoms. The van der Waals surface area contributed by atoms with Crippen molar-refractivity contribution < 1.29 is 13.7 Å². The Morgan fingerprint density at radius 3 is 2.88 bits per heavy atom. The van der Waals surface area contributed by atoms with Crippen LogP contribution >= 0.6 is 0 Å². The number of aromatic nitrogens is 1. The van der Waals surface area contributed by atoms with E-state index in [-0.39, 0.29) is 5.91 Å². The van der Waals surface area contributed by atoms with Crippen LogP contribution in [0.25, 0.3) is 11.0 Å². The average Bonchev–Trinajstić information content (AvgIpc) is 3.08. The van der Waals surface area contributed by atoms with Crippen LogP contribution in [0.3, 0.4) is 0 Å². The second-order valence-corrected chi connectivity index (χ2v) is 7.25. The molecule has 3 aromatic rings. The van der Waals surface area contributed by atoms with Crippen molar-refractivity contribution in [1.29, 1.82) is 0 Å². The minimum Gasteiger partial charge on any atom is -0.451 e. The summed E-state index contributed by atoms with van der Waals surface area (Å²) >= 11 is 0. The third kappa shape index (κ3) is 2.64. The fourth-order valence-corrected chi connectivity index (χ4v) is 3.85. The van der Waals surface area contributed by atoms with Gasteiger partial charge >= 0.3 is 0 Å². The van der Waals surface area contributed by atoms with Gasteiger partial charge in [-0.3, -0.25) is 10.1 Å². The van der Waals surface area contributed by atoms with E-state index in [1.807, 2.05) is 26.8 Å². The van der Waals surface area contributed by atoms with E-state index < -0.39 is 0 Å². The van der Waals surface area contributed by atoms with E-state index in [9.17, 15) is 4.79 Å². The number of hydrogen-bond acceptors (Lipinski definition) is 4. The van der Waals surface area contributed by atoms with Crippen LogP contribution in [0.15, 0.2) is 21.1 Å². The highest BCUT2D eigenvalue weighted by Gasteiger charge is 2.26. The molecule has 130 valence electrons. The van der Waals surface area contributed by atoms with Gasteiger partial charge < -0.3 is 8.94 Å². The van der Waals surface area contributed by atoms with E-state index in [0.717, 1.165) is 58.2 Å². The van der Waals surface area contributed by atoms with Crippen molar-refractivity contribution in [3.05, 3.63) is 45.8 Å². The van der Waals surface area contributed by atoms with E-state index in [1.54, 1.807) is 0 Å². The number of rotatable bonds is 2. The number of carbonyl (C=O) groups is 1. The Kier molecular flexibility index (Phi) is 3.67. The molecule has 0 fully saturated rings. The van der Waals surface area contributed by atoms with Crippen LogP contribution in [-0.2, 0) is 12.8 Å². The normalized spacial score (nSPS) is 16.9. The molecule has 1 amide bonds. The molecule has 1 atom stereocenters. The molecule has 0 spiro atoms. The second-order valence-electron chi connectivity index (χ2n) is 7.25. The van der Waals surface area contributed by atoms with Crippen LogP contribution in [0.2, 0.25) is 0 Å². The molecular weight excluding hydrogens is 316 g/mol. The van der Waals surface area contributed by atoms with Crippen molar-refractivity contribution in [2.45, 2.75) is 47.0 Å². The van der Waals surface area contributed by atoms with Crippen LogP contribution in [0.4, 0.5) is 5.88 Å². The Labute approximate surface area is 146 Å². The summed E-state index contributed by atoms with van der Waals surface area (Å²) in [6, 6.07) is 4.06. The molecule has 1 aromatic carbocycles. The first-order valence-corrected chi connectivity index (χ1v) is 8.73. The number of amides is 1. The summed E-state index contributed by atoms with van der Waals surface area (Å²) in [5, 5.41) is 7.97. The van der Waals surface area contributed by atoms with Crippen molar-refractivity contribution in [2.75, 3.05) is 5.32 Å². The standard InChI is InChI=1S/C20H22N2O3/c1-10-5-6-15-14(8-10)20(25-22-15)21-19(23)18-13(4)17-12(3)7-11(2)9-16(17)24-18/h7,9-10H,5-6,8H2,1-4H3,(H,21,23)/t10-/m0/s1. The summed E-state index contributed by atoms with van der Waals surface area (Å²) in [5.41, 5.74) is 5.80. The first-order chi connectivity index (χ1) is 11.9. The van der Waals surface area contributed by atoms with E-state index in [0.29, 0.717) is 17.6 Å². The lowest BCUT2D eigenvalue weighted by Crippen LogP contribution is -2.16. The maximum atomic E-state index is 12.8. The van der Waals surface area contributed by atoms with Crippen LogP contribution in [0.1, 0.15) is 51.8 Å². The summed E-state index contributed by atoms with van der Waals surface area (Å²) in [7, 11) is 0. The summed E-state index contributed by atoms with van der Waals surface area (Å²) < 4.78 is 11.3. The van der Waals surface area contributed by atoms with Gasteiger partial charge in [-0.15, -0.1) is 0 Å². The number of hydrogen-bond donors (Lipinski definition) is 1. The SMILES string of the molecule is Cc1cc(C)c2c(C)c(C(=O)Nc3onc4c3C[C@@H](C)CC4)oc2c1. The Hall–Kier alpha value is -2.56. The number of carbonyl (C=O) groups excluding carboxylic acids is 1. The van der Waals surface area contributed by atoms with Crippen LogP contribution in [0.5, 0.6) is 0 Å². The van der Waals surface area contributed by atoms with Crippen molar-refractivity contribution in [2.24, 2.45) is 5.92 Å². The van der Waals surface area contributed by atoms with Gasteiger partial charge in [0.25, 0.3) is 5.91 Å². The van der Waals surface area contributed by atoms with Crippen molar-refractivity contribution >= 4 is 22.8 Å². The Balaban J connectivity index is 1.69. The summed E-state index contributed by atoms with van der Waals surface area (Å²) in [4.78, 5) is 12.8. The highest BCUT2D eigenvalue weighted by molar-refractivity contribution is 6.06. The molecule has 1 aliphatic rings. The fraction of sp³-hybridized carbons (Fsp3) is 0.400. The number of furan rings is 1. The molecule has 0 saturated heterocycles.